The Morgan fingerprint density at radius 3 is 2.36 bits per heavy atom. The molecular formula is C23H19BrO4. The summed E-state index contributed by atoms with van der Waals surface area (Å²) in [5, 5.41) is 0. The Kier molecular flexibility index (Phi) is 6.61. The molecule has 0 N–H and O–H groups in total. The van der Waals surface area contributed by atoms with Crippen LogP contribution in [0, 0.1) is 6.92 Å². The maximum atomic E-state index is 12.3. The minimum absolute atomic E-state index is 0.282. The van der Waals surface area contributed by atoms with Gasteiger partial charge in [-0.2, -0.15) is 0 Å². The lowest BCUT2D eigenvalue weighted by Gasteiger charge is -2.08. The highest BCUT2D eigenvalue weighted by Gasteiger charge is 2.13. The Balaban J connectivity index is 1.60. The molecule has 142 valence electrons. The van der Waals surface area contributed by atoms with Crippen molar-refractivity contribution in [2.45, 2.75) is 13.3 Å². The van der Waals surface area contributed by atoms with Gasteiger partial charge in [0, 0.05) is 10.9 Å². The first-order valence-electron chi connectivity index (χ1n) is 8.82. The molecule has 0 fully saturated rings. The van der Waals surface area contributed by atoms with E-state index in [9.17, 15) is 9.59 Å². The van der Waals surface area contributed by atoms with Crippen molar-refractivity contribution in [3.8, 4) is 5.75 Å². The first kappa shape index (κ1) is 19.8. The summed E-state index contributed by atoms with van der Waals surface area (Å²) in [6, 6.07) is 21.5. The highest BCUT2D eigenvalue weighted by atomic mass is 79.9. The Labute approximate surface area is 172 Å². The third-order valence-corrected chi connectivity index (χ3v) is 5.01. The molecule has 0 atom stereocenters. The lowest BCUT2D eigenvalue weighted by Crippen LogP contribution is -2.11. The fourth-order valence-corrected chi connectivity index (χ4v) is 2.94. The molecule has 0 saturated heterocycles. The third kappa shape index (κ3) is 5.30. The van der Waals surface area contributed by atoms with E-state index in [0.29, 0.717) is 23.3 Å². The highest BCUT2D eigenvalue weighted by Crippen LogP contribution is 2.20. The zero-order valence-corrected chi connectivity index (χ0v) is 16.9. The quantitative estimate of drug-likeness (QED) is 0.383. The molecular weight excluding hydrogens is 420 g/mol. The minimum atomic E-state index is -0.490. The zero-order chi connectivity index (χ0) is 19.9. The van der Waals surface area contributed by atoms with Crippen molar-refractivity contribution in [3.63, 3.8) is 0 Å². The Hall–Kier alpha value is -2.92. The largest absolute Gasteiger partial charge is 0.462 e. The van der Waals surface area contributed by atoms with E-state index in [2.05, 4.69) is 15.9 Å². The number of carbonyl (C=O) groups excluding carboxylic acids is 2. The van der Waals surface area contributed by atoms with Crippen molar-refractivity contribution in [1.82, 2.24) is 0 Å². The van der Waals surface area contributed by atoms with Crippen molar-refractivity contribution in [2.75, 3.05) is 6.61 Å². The predicted octanol–water partition coefficient (Wildman–Crippen LogP) is 5.38. The number of benzene rings is 3. The molecule has 0 radical (unpaired) electrons. The second-order valence-corrected chi connectivity index (χ2v) is 7.11. The molecule has 28 heavy (non-hydrogen) atoms. The van der Waals surface area contributed by atoms with E-state index in [-0.39, 0.29) is 6.61 Å². The number of hydrogen-bond donors (Lipinski definition) is 0. The van der Waals surface area contributed by atoms with Crippen LogP contribution in [0.2, 0.25) is 0 Å². The summed E-state index contributed by atoms with van der Waals surface area (Å²) in [6.45, 7) is 2.22. The summed E-state index contributed by atoms with van der Waals surface area (Å²) in [6.07, 6.45) is 0.642. The Morgan fingerprint density at radius 2 is 1.61 bits per heavy atom. The van der Waals surface area contributed by atoms with Crippen molar-refractivity contribution in [3.05, 3.63) is 99.5 Å². The van der Waals surface area contributed by atoms with Crippen LogP contribution < -0.4 is 4.74 Å². The van der Waals surface area contributed by atoms with Gasteiger partial charge in [-0.05, 0) is 48.4 Å². The molecule has 0 spiro atoms. The molecule has 0 aliphatic carbocycles. The van der Waals surface area contributed by atoms with E-state index in [4.69, 9.17) is 9.47 Å². The lowest BCUT2D eigenvalue weighted by atomic mass is 10.1. The van der Waals surface area contributed by atoms with Gasteiger partial charge in [-0.1, -0.05) is 58.4 Å². The van der Waals surface area contributed by atoms with Gasteiger partial charge in [0.2, 0.25) is 0 Å². The van der Waals surface area contributed by atoms with Crippen LogP contribution in [0.25, 0.3) is 0 Å². The maximum absolute atomic E-state index is 12.3. The van der Waals surface area contributed by atoms with E-state index in [1.807, 2.05) is 43.3 Å². The molecule has 0 heterocycles. The van der Waals surface area contributed by atoms with Gasteiger partial charge >= 0.3 is 11.9 Å². The minimum Gasteiger partial charge on any atom is -0.462 e. The zero-order valence-electron chi connectivity index (χ0n) is 15.4. The summed E-state index contributed by atoms with van der Waals surface area (Å²) in [5.74, 6) is -0.651. The second kappa shape index (κ2) is 9.33. The average Bonchev–Trinajstić information content (AvgIpc) is 2.71. The van der Waals surface area contributed by atoms with Gasteiger partial charge in [0.25, 0.3) is 0 Å². The molecule has 4 nitrogen and oxygen atoms in total. The van der Waals surface area contributed by atoms with Gasteiger partial charge in [0.15, 0.2) is 0 Å². The summed E-state index contributed by atoms with van der Waals surface area (Å²) < 4.78 is 11.5. The summed E-state index contributed by atoms with van der Waals surface area (Å²) in [4.78, 5) is 24.6. The molecule has 0 bridgehead atoms. The normalized spacial score (nSPS) is 10.4. The predicted molar refractivity (Wildman–Crippen MR) is 111 cm³/mol. The Morgan fingerprint density at radius 1 is 0.857 bits per heavy atom. The van der Waals surface area contributed by atoms with Crippen LogP contribution in [0.3, 0.4) is 0 Å². The van der Waals surface area contributed by atoms with Crippen LogP contribution in [0.4, 0.5) is 0 Å². The van der Waals surface area contributed by atoms with E-state index < -0.39 is 11.9 Å². The van der Waals surface area contributed by atoms with Crippen LogP contribution >= 0.6 is 15.9 Å². The molecule has 3 rings (SSSR count). The number of carbonyl (C=O) groups is 2. The molecule has 0 aliphatic rings. The van der Waals surface area contributed by atoms with Crippen LogP contribution in [0.15, 0.2) is 77.3 Å². The number of ether oxygens (including phenoxy) is 2. The second-order valence-electron chi connectivity index (χ2n) is 6.25. The first-order valence-corrected chi connectivity index (χ1v) is 9.61. The molecule has 0 unspecified atom stereocenters. The number of hydrogen-bond acceptors (Lipinski definition) is 4. The van der Waals surface area contributed by atoms with Gasteiger partial charge in [0.05, 0.1) is 17.7 Å². The standard InChI is InChI=1S/C23H19BrO4/c1-16-10-11-19(15-21(16)24)23(26)28-20-9-5-8-18(14-20)22(25)27-13-12-17-6-3-2-4-7-17/h2-11,14-15H,12-13H2,1H3. The lowest BCUT2D eigenvalue weighted by molar-refractivity contribution is 0.0507. The topological polar surface area (TPSA) is 52.6 Å². The highest BCUT2D eigenvalue weighted by molar-refractivity contribution is 9.10. The summed E-state index contributed by atoms with van der Waals surface area (Å²) >= 11 is 3.40. The third-order valence-electron chi connectivity index (χ3n) is 4.15. The van der Waals surface area contributed by atoms with Crippen molar-refractivity contribution < 1.29 is 19.1 Å². The number of rotatable bonds is 6. The summed E-state index contributed by atoms with van der Waals surface area (Å²) in [7, 11) is 0. The smallest absolute Gasteiger partial charge is 0.343 e. The van der Waals surface area contributed by atoms with Crippen LogP contribution in [-0.4, -0.2) is 18.5 Å². The van der Waals surface area contributed by atoms with E-state index >= 15 is 0 Å². The molecule has 5 heteroatoms. The average molecular weight is 439 g/mol. The number of aryl methyl sites for hydroxylation is 1. The molecule has 3 aromatic carbocycles. The van der Waals surface area contributed by atoms with Gasteiger partial charge in [-0.25, -0.2) is 9.59 Å². The van der Waals surface area contributed by atoms with Gasteiger partial charge in [-0.3, -0.25) is 0 Å². The molecule has 0 saturated carbocycles. The SMILES string of the molecule is Cc1ccc(C(=O)Oc2cccc(C(=O)OCCc3ccccc3)c2)cc1Br. The van der Waals surface area contributed by atoms with E-state index in [0.717, 1.165) is 15.6 Å². The van der Waals surface area contributed by atoms with Crippen LogP contribution in [0.5, 0.6) is 5.75 Å². The van der Waals surface area contributed by atoms with Gasteiger partial charge in [0.1, 0.15) is 5.75 Å². The van der Waals surface area contributed by atoms with Crippen molar-refractivity contribution in [2.24, 2.45) is 0 Å². The first-order chi connectivity index (χ1) is 13.5. The fourth-order valence-electron chi connectivity index (χ4n) is 2.56. The van der Waals surface area contributed by atoms with Gasteiger partial charge < -0.3 is 9.47 Å². The summed E-state index contributed by atoms with van der Waals surface area (Å²) in [5.41, 5.74) is 2.88. The fraction of sp³-hybridized carbons (Fsp3) is 0.130. The van der Waals surface area contributed by atoms with Crippen LogP contribution in [0.1, 0.15) is 31.8 Å². The molecule has 0 aromatic heterocycles. The molecule has 3 aromatic rings. The maximum Gasteiger partial charge on any atom is 0.343 e. The molecule has 0 aliphatic heterocycles. The monoisotopic (exact) mass is 438 g/mol. The van der Waals surface area contributed by atoms with E-state index in [1.165, 1.54) is 6.07 Å². The number of esters is 2. The molecule has 0 amide bonds. The number of halogens is 1. The van der Waals surface area contributed by atoms with E-state index in [1.54, 1.807) is 30.3 Å². The van der Waals surface area contributed by atoms with Crippen molar-refractivity contribution >= 4 is 27.9 Å². The van der Waals surface area contributed by atoms with Gasteiger partial charge in [-0.15, -0.1) is 0 Å². The Bertz CT molecular complexity index is 983. The van der Waals surface area contributed by atoms with Crippen LogP contribution in [-0.2, 0) is 11.2 Å². The van der Waals surface area contributed by atoms with Crippen molar-refractivity contribution in [1.29, 1.82) is 0 Å².